The molecule has 0 amide bonds. The highest BCUT2D eigenvalue weighted by molar-refractivity contribution is 5.89. The van der Waals surface area contributed by atoms with Crippen LogP contribution in [0.1, 0.15) is 10.4 Å². The van der Waals surface area contributed by atoms with Gasteiger partial charge in [-0.25, -0.2) is 9.78 Å². The molecule has 0 bridgehead atoms. The van der Waals surface area contributed by atoms with Gasteiger partial charge in [0.05, 0.1) is 11.3 Å². The van der Waals surface area contributed by atoms with Crippen molar-refractivity contribution in [2.24, 2.45) is 0 Å². The summed E-state index contributed by atoms with van der Waals surface area (Å²) >= 11 is 0. The first-order valence-corrected chi connectivity index (χ1v) is 4.73. The van der Waals surface area contributed by atoms with Crippen molar-refractivity contribution in [1.29, 1.82) is 0 Å². The first-order valence-electron chi connectivity index (χ1n) is 4.73. The maximum Gasteiger partial charge on any atom is 0.335 e. The van der Waals surface area contributed by atoms with Crippen LogP contribution >= 0.6 is 0 Å². The molecule has 4 nitrogen and oxygen atoms in total. The molecular weight excluding hydrogens is 204 g/mol. The van der Waals surface area contributed by atoms with Gasteiger partial charge in [0.1, 0.15) is 5.82 Å². The molecule has 1 heterocycles. The number of carbonyl (C=O) groups is 1. The molecule has 4 heteroatoms. The van der Waals surface area contributed by atoms with Crippen LogP contribution in [0.4, 0.5) is 5.82 Å². The van der Waals surface area contributed by atoms with Crippen LogP contribution in [0.15, 0.2) is 42.5 Å². The lowest BCUT2D eigenvalue weighted by molar-refractivity contribution is 0.0697. The summed E-state index contributed by atoms with van der Waals surface area (Å²) < 4.78 is 0. The number of aromatic carboxylic acids is 1. The first kappa shape index (κ1) is 10.2. The normalized spacial score (nSPS) is 10.0. The summed E-state index contributed by atoms with van der Waals surface area (Å²) in [4.78, 5) is 14.9. The Hall–Kier alpha value is -2.36. The fraction of sp³-hybridized carbons (Fsp3) is 0. The van der Waals surface area contributed by atoms with Gasteiger partial charge in [0, 0.05) is 5.56 Å². The van der Waals surface area contributed by atoms with Gasteiger partial charge in [-0.1, -0.05) is 18.2 Å². The number of benzene rings is 1. The van der Waals surface area contributed by atoms with Gasteiger partial charge in [-0.05, 0) is 24.3 Å². The second kappa shape index (κ2) is 4.02. The second-order valence-corrected chi connectivity index (χ2v) is 3.33. The van der Waals surface area contributed by atoms with Crippen LogP contribution in [0.25, 0.3) is 11.3 Å². The Bertz CT molecular complexity index is 538. The molecule has 0 saturated carbocycles. The zero-order valence-corrected chi connectivity index (χ0v) is 8.42. The number of hydrogen-bond donors (Lipinski definition) is 2. The van der Waals surface area contributed by atoms with E-state index in [1.165, 1.54) is 6.07 Å². The van der Waals surface area contributed by atoms with Gasteiger partial charge in [0.25, 0.3) is 0 Å². The lowest BCUT2D eigenvalue weighted by atomic mass is 10.1. The van der Waals surface area contributed by atoms with Crippen molar-refractivity contribution >= 4 is 11.8 Å². The summed E-state index contributed by atoms with van der Waals surface area (Å²) in [7, 11) is 0. The minimum absolute atomic E-state index is 0.238. The molecule has 80 valence electrons. The average molecular weight is 214 g/mol. The van der Waals surface area contributed by atoms with E-state index in [4.69, 9.17) is 10.8 Å². The number of carboxylic acid groups (broad SMARTS) is 1. The Balaban J connectivity index is 2.48. The zero-order chi connectivity index (χ0) is 11.5. The highest BCUT2D eigenvalue weighted by Gasteiger charge is 2.05. The van der Waals surface area contributed by atoms with Crippen molar-refractivity contribution in [3.63, 3.8) is 0 Å². The van der Waals surface area contributed by atoms with Crippen LogP contribution in [-0.4, -0.2) is 16.1 Å². The predicted molar refractivity (Wildman–Crippen MR) is 61.0 cm³/mol. The molecule has 0 radical (unpaired) electrons. The number of nitrogens with zero attached hydrogens (tertiary/aromatic N) is 1. The summed E-state index contributed by atoms with van der Waals surface area (Å²) in [5.41, 5.74) is 7.22. The molecular formula is C12H10N2O2. The molecule has 16 heavy (non-hydrogen) atoms. The van der Waals surface area contributed by atoms with Gasteiger partial charge in [-0.3, -0.25) is 0 Å². The molecule has 1 aromatic carbocycles. The zero-order valence-electron chi connectivity index (χ0n) is 8.42. The van der Waals surface area contributed by atoms with E-state index in [0.29, 0.717) is 11.5 Å². The van der Waals surface area contributed by atoms with Crippen molar-refractivity contribution in [2.45, 2.75) is 0 Å². The molecule has 0 aliphatic rings. The summed E-state index contributed by atoms with van der Waals surface area (Å²) in [6, 6.07) is 11.9. The second-order valence-electron chi connectivity index (χ2n) is 3.33. The van der Waals surface area contributed by atoms with Crippen molar-refractivity contribution < 1.29 is 9.90 Å². The van der Waals surface area contributed by atoms with Gasteiger partial charge in [0.15, 0.2) is 0 Å². The van der Waals surface area contributed by atoms with Crippen molar-refractivity contribution in [3.05, 3.63) is 48.0 Å². The van der Waals surface area contributed by atoms with Crippen molar-refractivity contribution in [3.8, 4) is 11.3 Å². The molecule has 0 aliphatic heterocycles. The summed E-state index contributed by atoms with van der Waals surface area (Å²) in [6.45, 7) is 0. The summed E-state index contributed by atoms with van der Waals surface area (Å²) in [5.74, 6) is -0.538. The molecule has 0 spiro atoms. The van der Waals surface area contributed by atoms with Crippen LogP contribution in [0.2, 0.25) is 0 Å². The number of hydrogen-bond acceptors (Lipinski definition) is 3. The number of carboxylic acids is 1. The Kier molecular flexibility index (Phi) is 2.55. The number of aromatic nitrogens is 1. The third-order valence-electron chi connectivity index (χ3n) is 2.18. The third kappa shape index (κ3) is 2.00. The Morgan fingerprint density at radius 3 is 2.62 bits per heavy atom. The van der Waals surface area contributed by atoms with Crippen LogP contribution in [0.5, 0.6) is 0 Å². The quantitative estimate of drug-likeness (QED) is 0.801. The summed E-state index contributed by atoms with van der Waals surface area (Å²) in [6.07, 6.45) is 0. The molecule has 2 rings (SSSR count). The first-order chi connectivity index (χ1) is 7.66. The highest BCUT2D eigenvalue weighted by atomic mass is 16.4. The Morgan fingerprint density at radius 2 is 1.94 bits per heavy atom. The number of nitrogens with two attached hydrogens (primary N) is 1. The Labute approximate surface area is 92.4 Å². The SMILES string of the molecule is Nc1cccc(-c2cccc(C(=O)O)c2)n1. The number of pyridine rings is 1. The average Bonchev–Trinajstić information content (AvgIpc) is 2.29. The van der Waals surface area contributed by atoms with E-state index in [1.54, 1.807) is 36.4 Å². The molecule has 0 fully saturated rings. The van der Waals surface area contributed by atoms with Crippen LogP contribution in [0, 0.1) is 0 Å². The number of anilines is 1. The molecule has 2 aromatic rings. The largest absolute Gasteiger partial charge is 0.478 e. The fourth-order valence-electron chi connectivity index (χ4n) is 1.42. The van der Waals surface area contributed by atoms with Gasteiger partial charge in [-0.2, -0.15) is 0 Å². The lowest BCUT2D eigenvalue weighted by Gasteiger charge is -2.02. The Morgan fingerprint density at radius 1 is 1.19 bits per heavy atom. The number of nitrogen functional groups attached to an aromatic ring is 1. The van der Waals surface area contributed by atoms with Gasteiger partial charge >= 0.3 is 5.97 Å². The van der Waals surface area contributed by atoms with E-state index >= 15 is 0 Å². The van der Waals surface area contributed by atoms with E-state index in [9.17, 15) is 4.79 Å². The minimum atomic E-state index is -0.953. The fourth-order valence-corrected chi connectivity index (χ4v) is 1.42. The monoisotopic (exact) mass is 214 g/mol. The topological polar surface area (TPSA) is 76.2 Å². The molecule has 1 aromatic heterocycles. The lowest BCUT2D eigenvalue weighted by Crippen LogP contribution is -1.97. The number of rotatable bonds is 2. The minimum Gasteiger partial charge on any atom is -0.478 e. The van der Waals surface area contributed by atoms with Gasteiger partial charge in [-0.15, -0.1) is 0 Å². The smallest absolute Gasteiger partial charge is 0.335 e. The predicted octanol–water partition coefficient (Wildman–Crippen LogP) is 2.03. The van der Waals surface area contributed by atoms with Crippen molar-refractivity contribution in [1.82, 2.24) is 4.98 Å². The molecule has 0 aliphatic carbocycles. The summed E-state index contributed by atoms with van der Waals surface area (Å²) in [5, 5.41) is 8.87. The molecule has 3 N–H and O–H groups in total. The van der Waals surface area contributed by atoms with Gasteiger partial charge < -0.3 is 10.8 Å². The van der Waals surface area contributed by atoms with E-state index in [0.717, 1.165) is 5.56 Å². The van der Waals surface area contributed by atoms with E-state index in [-0.39, 0.29) is 5.56 Å². The van der Waals surface area contributed by atoms with E-state index in [2.05, 4.69) is 4.98 Å². The van der Waals surface area contributed by atoms with Crippen LogP contribution < -0.4 is 5.73 Å². The highest BCUT2D eigenvalue weighted by Crippen LogP contribution is 2.19. The van der Waals surface area contributed by atoms with E-state index in [1.807, 2.05) is 0 Å². The third-order valence-corrected chi connectivity index (χ3v) is 2.18. The maximum atomic E-state index is 10.8. The maximum absolute atomic E-state index is 10.8. The van der Waals surface area contributed by atoms with Crippen LogP contribution in [-0.2, 0) is 0 Å². The van der Waals surface area contributed by atoms with E-state index < -0.39 is 5.97 Å². The molecule has 0 saturated heterocycles. The molecule has 0 unspecified atom stereocenters. The van der Waals surface area contributed by atoms with Crippen LogP contribution in [0.3, 0.4) is 0 Å². The van der Waals surface area contributed by atoms with Gasteiger partial charge in [0.2, 0.25) is 0 Å². The standard InChI is InChI=1S/C12H10N2O2/c13-11-6-2-5-10(14-11)8-3-1-4-9(7-8)12(15)16/h1-7H,(H2,13,14)(H,15,16). The van der Waals surface area contributed by atoms with Crippen molar-refractivity contribution in [2.75, 3.05) is 5.73 Å². The molecule has 0 atom stereocenters.